The van der Waals surface area contributed by atoms with E-state index in [4.69, 9.17) is 0 Å². The van der Waals surface area contributed by atoms with Gasteiger partial charge in [-0.2, -0.15) is 11.3 Å². The highest BCUT2D eigenvalue weighted by Crippen LogP contribution is 2.26. The number of halogens is 1. The second-order valence-electron chi connectivity index (χ2n) is 6.03. The number of hydrogen-bond donors (Lipinski definition) is 2. The van der Waals surface area contributed by atoms with Gasteiger partial charge < -0.3 is 20.2 Å². The molecule has 2 N–H and O–H groups in total. The summed E-state index contributed by atoms with van der Waals surface area (Å²) in [5.74, 6) is 0.246. The van der Waals surface area contributed by atoms with Crippen LogP contribution in [-0.4, -0.2) is 41.6 Å². The van der Waals surface area contributed by atoms with Crippen LogP contribution in [0.4, 0.5) is 4.79 Å². The molecule has 1 atom stereocenters. The molecular formula is C17H22ClN3O2S. The fourth-order valence-electron chi connectivity index (χ4n) is 2.88. The number of rotatable bonds is 4. The minimum atomic E-state index is -0.0669. The second kappa shape index (κ2) is 7.88. The number of nitrogens with one attached hydrogen (secondary N) is 1. The van der Waals surface area contributed by atoms with E-state index in [9.17, 15) is 9.90 Å². The van der Waals surface area contributed by atoms with Crippen LogP contribution in [0.2, 0.25) is 0 Å². The Labute approximate surface area is 152 Å². The number of fused-ring (bicyclic) bond motifs is 1. The van der Waals surface area contributed by atoms with E-state index in [1.54, 1.807) is 28.4 Å². The molecule has 1 aliphatic rings. The number of hydrogen-bond acceptors (Lipinski definition) is 4. The number of urea groups is 1. The topological polar surface area (TPSA) is 55.8 Å². The van der Waals surface area contributed by atoms with Crippen LogP contribution in [0, 0.1) is 0 Å². The molecule has 2 amide bonds. The van der Waals surface area contributed by atoms with Crippen LogP contribution >= 0.6 is 23.7 Å². The van der Waals surface area contributed by atoms with Crippen molar-refractivity contribution in [2.45, 2.75) is 19.1 Å². The molecule has 3 rings (SSSR count). The summed E-state index contributed by atoms with van der Waals surface area (Å²) < 4.78 is 0. The number of nitrogens with zero attached hydrogens (tertiary/aromatic N) is 2. The zero-order valence-corrected chi connectivity index (χ0v) is 15.4. The van der Waals surface area contributed by atoms with Gasteiger partial charge in [-0.3, -0.25) is 0 Å². The van der Waals surface area contributed by atoms with Crippen LogP contribution in [0.1, 0.15) is 22.7 Å². The fraction of sp³-hybridized carbons (Fsp3) is 0.353. The predicted molar refractivity (Wildman–Crippen MR) is 98.7 cm³/mol. The van der Waals surface area contributed by atoms with E-state index < -0.39 is 0 Å². The predicted octanol–water partition coefficient (Wildman–Crippen LogP) is 3.20. The molecule has 1 aromatic heterocycles. The van der Waals surface area contributed by atoms with E-state index in [0.29, 0.717) is 19.6 Å². The molecule has 24 heavy (non-hydrogen) atoms. The summed E-state index contributed by atoms with van der Waals surface area (Å²) in [5.41, 5.74) is 3.33. The monoisotopic (exact) mass is 367 g/mol. The molecule has 0 bridgehead atoms. The van der Waals surface area contributed by atoms with Crippen molar-refractivity contribution in [2.75, 3.05) is 20.6 Å². The summed E-state index contributed by atoms with van der Waals surface area (Å²) in [5, 5.41) is 16.7. The normalized spacial score (nSPS) is 14.2. The summed E-state index contributed by atoms with van der Waals surface area (Å²) in [6.45, 7) is 1.70. The van der Waals surface area contributed by atoms with Gasteiger partial charge in [0.15, 0.2) is 0 Å². The quantitative estimate of drug-likeness (QED) is 0.872. The van der Waals surface area contributed by atoms with Crippen molar-refractivity contribution in [3.05, 3.63) is 51.7 Å². The Morgan fingerprint density at radius 3 is 2.75 bits per heavy atom. The molecule has 5 nitrogen and oxygen atoms in total. The van der Waals surface area contributed by atoms with Crippen molar-refractivity contribution in [1.82, 2.24) is 15.1 Å². The third-order valence-corrected chi connectivity index (χ3v) is 4.90. The molecule has 1 unspecified atom stereocenters. The number of benzene rings is 1. The lowest BCUT2D eigenvalue weighted by Crippen LogP contribution is -2.40. The number of likely N-dealkylation sites (N-methyl/N-ethyl adjacent to an activating group) is 1. The first-order valence-corrected chi connectivity index (χ1v) is 8.51. The van der Waals surface area contributed by atoms with E-state index in [2.05, 4.69) is 27.0 Å². The van der Waals surface area contributed by atoms with Gasteiger partial charge in [-0.15, -0.1) is 12.4 Å². The van der Waals surface area contributed by atoms with Crippen molar-refractivity contribution in [2.24, 2.45) is 0 Å². The highest BCUT2D eigenvalue weighted by molar-refractivity contribution is 7.07. The Hall–Kier alpha value is -1.76. The lowest BCUT2D eigenvalue weighted by molar-refractivity contribution is 0.193. The lowest BCUT2D eigenvalue weighted by Gasteiger charge is -2.25. The summed E-state index contributed by atoms with van der Waals surface area (Å²) in [6.07, 6.45) is 0. The zero-order chi connectivity index (χ0) is 16.4. The standard InChI is InChI=1S/C17H21N3O2S.ClH/c1-19(2)16(13-5-6-23-11-13)8-18-17(22)20-9-12-3-4-15(21)7-14(12)10-20;/h3-7,11,16,21H,8-10H2,1-2H3,(H,18,22);1H. The number of aromatic hydroxyl groups is 1. The third kappa shape index (κ3) is 4.01. The molecule has 0 spiro atoms. The van der Waals surface area contributed by atoms with Crippen LogP contribution in [0.25, 0.3) is 0 Å². The van der Waals surface area contributed by atoms with Gasteiger partial charge >= 0.3 is 6.03 Å². The Kier molecular flexibility index (Phi) is 6.10. The number of phenolic OH excluding ortho intramolecular Hbond substituents is 1. The molecule has 0 radical (unpaired) electrons. The highest BCUT2D eigenvalue weighted by atomic mass is 35.5. The highest BCUT2D eigenvalue weighted by Gasteiger charge is 2.24. The first-order chi connectivity index (χ1) is 11.0. The van der Waals surface area contributed by atoms with Gasteiger partial charge in [-0.1, -0.05) is 6.07 Å². The van der Waals surface area contributed by atoms with Gasteiger partial charge in [-0.05, 0) is 59.7 Å². The number of amides is 2. The van der Waals surface area contributed by atoms with E-state index in [0.717, 1.165) is 11.1 Å². The lowest BCUT2D eigenvalue weighted by atomic mass is 10.1. The molecular weight excluding hydrogens is 346 g/mol. The van der Waals surface area contributed by atoms with Crippen molar-refractivity contribution in [1.29, 1.82) is 0 Å². The van der Waals surface area contributed by atoms with Crippen LogP contribution in [-0.2, 0) is 13.1 Å². The summed E-state index contributed by atoms with van der Waals surface area (Å²) in [7, 11) is 4.03. The first-order valence-electron chi connectivity index (χ1n) is 7.56. The maximum Gasteiger partial charge on any atom is 0.318 e. The average molecular weight is 368 g/mol. The minimum absolute atomic E-state index is 0. The van der Waals surface area contributed by atoms with E-state index >= 15 is 0 Å². The number of thiophene rings is 1. The summed E-state index contributed by atoms with van der Waals surface area (Å²) in [4.78, 5) is 16.3. The Bertz CT molecular complexity index is 691. The van der Waals surface area contributed by atoms with Crippen molar-refractivity contribution in [3.8, 4) is 5.75 Å². The van der Waals surface area contributed by atoms with Crippen molar-refractivity contribution >= 4 is 29.8 Å². The number of carbonyl (C=O) groups is 1. The van der Waals surface area contributed by atoms with Crippen molar-refractivity contribution < 1.29 is 9.90 Å². The summed E-state index contributed by atoms with van der Waals surface area (Å²) in [6, 6.07) is 7.47. The molecule has 130 valence electrons. The van der Waals surface area contributed by atoms with Crippen LogP contribution in [0.15, 0.2) is 35.0 Å². The SMILES string of the molecule is CN(C)C(CNC(=O)N1Cc2ccc(O)cc2C1)c1ccsc1.Cl. The number of carbonyl (C=O) groups excluding carboxylic acids is 1. The largest absolute Gasteiger partial charge is 0.508 e. The van der Waals surface area contributed by atoms with E-state index in [1.807, 2.05) is 20.2 Å². The third-order valence-electron chi connectivity index (χ3n) is 4.20. The Morgan fingerprint density at radius 1 is 1.33 bits per heavy atom. The van der Waals surface area contributed by atoms with Crippen LogP contribution < -0.4 is 5.32 Å². The molecule has 1 aromatic carbocycles. The molecule has 0 aliphatic carbocycles. The zero-order valence-electron chi connectivity index (χ0n) is 13.7. The smallest absolute Gasteiger partial charge is 0.318 e. The molecule has 2 aromatic rings. The molecule has 0 saturated heterocycles. The fourth-order valence-corrected chi connectivity index (χ4v) is 3.59. The molecule has 2 heterocycles. The van der Waals surface area contributed by atoms with E-state index in [-0.39, 0.29) is 30.2 Å². The number of phenols is 1. The van der Waals surface area contributed by atoms with Gasteiger partial charge in [0.2, 0.25) is 0 Å². The Morgan fingerprint density at radius 2 is 2.08 bits per heavy atom. The first kappa shape index (κ1) is 18.6. The van der Waals surface area contributed by atoms with Gasteiger partial charge in [0, 0.05) is 19.6 Å². The van der Waals surface area contributed by atoms with Crippen LogP contribution in [0.5, 0.6) is 5.75 Å². The van der Waals surface area contributed by atoms with Gasteiger partial charge in [0.05, 0.1) is 6.04 Å². The maximum atomic E-state index is 12.4. The maximum absolute atomic E-state index is 12.4. The molecule has 1 aliphatic heterocycles. The second-order valence-corrected chi connectivity index (χ2v) is 6.81. The van der Waals surface area contributed by atoms with Gasteiger partial charge in [0.1, 0.15) is 5.75 Å². The van der Waals surface area contributed by atoms with Gasteiger partial charge in [0.25, 0.3) is 0 Å². The van der Waals surface area contributed by atoms with Crippen LogP contribution in [0.3, 0.4) is 0 Å². The summed E-state index contributed by atoms with van der Waals surface area (Å²) >= 11 is 1.66. The minimum Gasteiger partial charge on any atom is -0.508 e. The van der Waals surface area contributed by atoms with E-state index in [1.165, 1.54) is 5.56 Å². The Balaban J connectivity index is 0.00000208. The van der Waals surface area contributed by atoms with Gasteiger partial charge in [-0.25, -0.2) is 4.79 Å². The molecule has 7 heteroatoms. The molecule has 0 fully saturated rings. The molecule has 0 saturated carbocycles. The van der Waals surface area contributed by atoms with Crippen molar-refractivity contribution in [3.63, 3.8) is 0 Å². The average Bonchev–Trinajstić information content (AvgIpc) is 3.15.